The minimum Gasteiger partial charge on any atom is -0.454 e. The van der Waals surface area contributed by atoms with E-state index in [1.165, 1.54) is 6.20 Å². The summed E-state index contributed by atoms with van der Waals surface area (Å²) in [6.45, 7) is 1.98. The maximum atomic E-state index is 12.1. The van der Waals surface area contributed by atoms with Gasteiger partial charge < -0.3 is 20.1 Å². The number of hydrogen-bond donors (Lipinski definition) is 2. The van der Waals surface area contributed by atoms with Crippen LogP contribution in [0.5, 0.6) is 11.5 Å². The van der Waals surface area contributed by atoms with Crippen molar-refractivity contribution in [3.63, 3.8) is 0 Å². The van der Waals surface area contributed by atoms with Crippen LogP contribution < -0.4 is 20.1 Å². The van der Waals surface area contributed by atoms with E-state index in [2.05, 4.69) is 15.6 Å². The maximum Gasteiger partial charge on any atom is 0.247 e. The summed E-state index contributed by atoms with van der Waals surface area (Å²) in [5.74, 6) is 1.62. The summed E-state index contributed by atoms with van der Waals surface area (Å²) in [5.41, 5.74) is 0.774. The number of nitrogens with zero attached hydrogens (tertiary/aromatic N) is 1. The van der Waals surface area contributed by atoms with E-state index in [0.29, 0.717) is 22.3 Å². The molecule has 0 bridgehead atoms. The molecule has 2 aromatic rings. The van der Waals surface area contributed by atoms with Crippen LogP contribution in [-0.2, 0) is 4.79 Å². The Morgan fingerprint density at radius 1 is 1.27 bits per heavy atom. The van der Waals surface area contributed by atoms with Crippen molar-refractivity contribution < 1.29 is 14.3 Å². The van der Waals surface area contributed by atoms with Gasteiger partial charge in [0.25, 0.3) is 0 Å². The average molecular weight is 320 g/mol. The largest absolute Gasteiger partial charge is 0.454 e. The van der Waals surface area contributed by atoms with Crippen LogP contribution in [0.25, 0.3) is 0 Å². The molecule has 1 aromatic heterocycles. The summed E-state index contributed by atoms with van der Waals surface area (Å²) < 4.78 is 10.5. The number of carbonyl (C=O) groups excluding carboxylic acids is 1. The van der Waals surface area contributed by atoms with Crippen molar-refractivity contribution >= 4 is 29.0 Å². The summed E-state index contributed by atoms with van der Waals surface area (Å²) in [6, 6.07) is 8.30. The van der Waals surface area contributed by atoms with Crippen molar-refractivity contribution in [3.8, 4) is 11.5 Å². The first-order valence-electron chi connectivity index (χ1n) is 6.70. The lowest BCUT2D eigenvalue weighted by molar-refractivity contribution is -0.116. The summed E-state index contributed by atoms with van der Waals surface area (Å²) in [7, 11) is 0. The van der Waals surface area contributed by atoms with E-state index in [9.17, 15) is 4.79 Å². The van der Waals surface area contributed by atoms with Gasteiger partial charge in [0.1, 0.15) is 11.9 Å². The fourth-order valence-electron chi connectivity index (χ4n) is 1.99. The number of pyridine rings is 1. The van der Waals surface area contributed by atoms with E-state index in [0.717, 1.165) is 5.69 Å². The van der Waals surface area contributed by atoms with E-state index in [-0.39, 0.29) is 12.7 Å². The number of amides is 1. The second kappa shape index (κ2) is 6.11. The van der Waals surface area contributed by atoms with Crippen molar-refractivity contribution in [1.82, 2.24) is 4.98 Å². The number of aromatic nitrogens is 1. The summed E-state index contributed by atoms with van der Waals surface area (Å²) in [5, 5.41) is 6.33. The molecule has 1 aliphatic rings. The number of fused-ring (bicyclic) bond motifs is 1. The predicted octanol–water partition coefficient (Wildman–Crippen LogP) is 2.90. The lowest BCUT2D eigenvalue weighted by Crippen LogP contribution is -2.32. The molecule has 1 aliphatic heterocycles. The van der Waals surface area contributed by atoms with Gasteiger partial charge in [-0.15, -0.1) is 0 Å². The molecular formula is C15H14ClN3O3. The van der Waals surface area contributed by atoms with Crippen LogP contribution in [-0.4, -0.2) is 23.7 Å². The second-order valence-corrected chi connectivity index (χ2v) is 5.22. The zero-order chi connectivity index (χ0) is 15.5. The Labute approximate surface area is 132 Å². The number of ether oxygens (including phenoxy) is 2. The number of rotatable bonds is 4. The molecule has 0 saturated heterocycles. The van der Waals surface area contributed by atoms with Crippen molar-refractivity contribution in [1.29, 1.82) is 0 Å². The molecule has 0 aliphatic carbocycles. The molecule has 22 heavy (non-hydrogen) atoms. The fraction of sp³-hybridized carbons (Fsp3) is 0.200. The molecule has 0 saturated carbocycles. The van der Waals surface area contributed by atoms with Crippen molar-refractivity contribution in [2.45, 2.75) is 13.0 Å². The minimum atomic E-state index is -0.446. The molecule has 114 valence electrons. The van der Waals surface area contributed by atoms with E-state index in [4.69, 9.17) is 21.1 Å². The Balaban J connectivity index is 1.62. The summed E-state index contributed by atoms with van der Waals surface area (Å²) in [4.78, 5) is 16.2. The van der Waals surface area contributed by atoms with Gasteiger partial charge in [0, 0.05) is 18.0 Å². The van der Waals surface area contributed by atoms with Crippen molar-refractivity contribution in [2.24, 2.45) is 0 Å². The van der Waals surface area contributed by atoms with Crippen LogP contribution in [0.15, 0.2) is 36.5 Å². The number of carbonyl (C=O) groups is 1. The third-order valence-electron chi connectivity index (χ3n) is 3.13. The Hall–Kier alpha value is -2.47. The molecule has 1 atom stereocenters. The molecule has 0 unspecified atom stereocenters. The van der Waals surface area contributed by atoms with Crippen molar-refractivity contribution in [3.05, 3.63) is 41.6 Å². The zero-order valence-electron chi connectivity index (χ0n) is 11.8. The molecule has 1 aromatic carbocycles. The number of halogens is 1. The van der Waals surface area contributed by atoms with Gasteiger partial charge in [0.2, 0.25) is 12.7 Å². The first-order valence-corrected chi connectivity index (χ1v) is 7.08. The maximum absolute atomic E-state index is 12.1. The van der Waals surface area contributed by atoms with E-state index in [1.54, 1.807) is 31.2 Å². The highest BCUT2D eigenvalue weighted by Crippen LogP contribution is 2.34. The number of anilines is 2. The standard InChI is InChI=1S/C15H14ClN3O3/c1-9(15(20)19-14-5-2-10(16)7-17-14)18-11-3-4-12-13(6-11)22-8-21-12/h2-7,9,18H,8H2,1H3,(H,17,19,20)/t9-/m1/s1. The minimum absolute atomic E-state index is 0.201. The Bertz CT molecular complexity index is 691. The highest BCUT2D eigenvalue weighted by Gasteiger charge is 2.17. The van der Waals surface area contributed by atoms with Crippen LogP contribution in [0.1, 0.15) is 6.92 Å². The van der Waals surface area contributed by atoms with Crippen LogP contribution in [0, 0.1) is 0 Å². The van der Waals surface area contributed by atoms with Gasteiger partial charge in [-0.3, -0.25) is 4.79 Å². The molecule has 6 nitrogen and oxygen atoms in total. The quantitative estimate of drug-likeness (QED) is 0.906. The molecule has 3 rings (SSSR count). The van der Waals surface area contributed by atoms with Crippen molar-refractivity contribution in [2.75, 3.05) is 17.4 Å². The second-order valence-electron chi connectivity index (χ2n) is 4.78. The third-order valence-corrected chi connectivity index (χ3v) is 3.35. The number of benzene rings is 1. The first-order chi connectivity index (χ1) is 10.6. The molecule has 2 N–H and O–H groups in total. The molecule has 0 radical (unpaired) electrons. The van der Waals surface area contributed by atoms with Crippen LogP contribution in [0.3, 0.4) is 0 Å². The van der Waals surface area contributed by atoms with Crippen LogP contribution >= 0.6 is 11.6 Å². The van der Waals surface area contributed by atoms with Gasteiger partial charge in [-0.1, -0.05) is 11.6 Å². The molecule has 7 heteroatoms. The normalized spacial score (nSPS) is 13.5. The SMILES string of the molecule is C[C@@H](Nc1ccc2c(c1)OCO2)C(=O)Nc1ccc(Cl)cn1. The molecule has 1 amide bonds. The fourth-order valence-corrected chi connectivity index (χ4v) is 2.10. The van der Waals surface area contributed by atoms with E-state index >= 15 is 0 Å². The first kappa shape index (κ1) is 14.5. The highest BCUT2D eigenvalue weighted by atomic mass is 35.5. The molecule has 0 fully saturated rings. The average Bonchev–Trinajstić information content (AvgIpc) is 2.97. The van der Waals surface area contributed by atoms with Gasteiger partial charge in [0.15, 0.2) is 11.5 Å². The van der Waals surface area contributed by atoms with Crippen LogP contribution in [0.2, 0.25) is 5.02 Å². The van der Waals surface area contributed by atoms with E-state index < -0.39 is 6.04 Å². The van der Waals surface area contributed by atoms with Gasteiger partial charge in [0.05, 0.1) is 5.02 Å². The lowest BCUT2D eigenvalue weighted by atomic mass is 10.2. The molecule has 2 heterocycles. The van der Waals surface area contributed by atoms with Gasteiger partial charge in [-0.05, 0) is 31.2 Å². The lowest BCUT2D eigenvalue weighted by Gasteiger charge is -2.15. The predicted molar refractivity (Wildman–Crippen MR) is 83.5 cm³/mol. The van der Waals surface area contributed by atoms with Gasteiger partial charge in [-0.25, -0.2) is 4.98 Å². The van der Waals surface area contributed by atoms with Gasteiger partial charge >= 0.3 is 0 Å². The van der Waals surface area contributed by atoms with Crippen LogP contribution in [0.4, 0.5) is 11.5 Å². The zero-order valence-corrected chi connectivity index (χ0v) is 12.6. The number of nitrogens with one attached hydrogen (secondary N) is 2. The Morgan fingerprint density at radius 2 is 2.09 bits per heavy atom. The topological polar surface area (TPSA) is 72.5 Å². The summed E-state index contributed by atoms with van der Waals surface area (Å²) >= 11 is 5.75. The Kier molecular flexibility index (Phi) is 4.02. The monoisotopic (exact) mass is 319 g/mol. The molecular weight excluding hydrogens is 306 g/mol. The summed E-state index contributed by atoms with van der Waals surface area (Å²) in [6.07, 6.45) is 1.48. The third kappa shape index (κ3) is 3.23. The van der Waals surface area contributed by atoms with Gasteiger partial charge in [-0.2, -0.15) is 0 Å². The highest BCUT2D eigenvalue weighted by molar-refractivity contribution is 6.30. The number of hydrogen-bond acceptors (Lipinski definition) is 5. The molecule has 0 spiro atoms. The Morgan fingerprint density at radius 3 is 2.86 bits per heavy atom. The van der Waals surface area contributed by atoms with E-state index in [1.807, 2.05) is 6.07 Å². The smallest absolute Gasteiger partial charge is 0.247 e.